The molecule has 2 atom stereocenters. The van der Waals surface area contributed by atoms with Crippen molar-refractivity contribution in [2.45, 2.75) is 39.2 Å². The Bertz CT molecular complexity index is 170. The molecule has 0 aromatic carbocycles. The van der Waals surface area contributed by atoms with Gasteiger partial charge in [-0.3, -0.25) is 4.79 Å². The maximum Gasteiger partial charge on any atom is 0.221 e. The molecule has 0 bridgehead atoms. The molecule has 1 saturated heterocycles. The maximum absolute atomic E-state index is 10.9. The number of carbonyl (C=O) groups excluding carboxylic acids is 1. The molecular formula is C10H20N2O. The third kappa shape index (κ3) is 3.77. The molecule has 1 amide bonds. The fraction of sp³-hybridized carbons (Fsp3) is 0.900. The first kappa shape index (κ1) is 10.5. The molecule has 1 heterocycles. The lowest BCUT2D eigenvalue weighted by molar-refractivity contribution is -0.119. The smallest absolute Gasteiger partial charge is 0.221 e. The van der Waals surface area contributed by atoms with E-state index in [1.54, 1.807) is 0 Å². The third-order valence-corrected chi connectivity index (χ3v) is 2.51. The Morgan fingerprint density at radius 2 is 2.46 bits per heavy atom. The SMILES string of the molecule is CCCC(C)CNC1CNC(=O)C1. The van der Waals surface area contributed by atoms with Gasteiger partial charge in [-0.05, 0) is 18.9 Å². The van der Waals surface area contributed by atoms with E-state index in [0.29, 0.717) is 12.5 Å². The molecule has 2 unspecified atom stereocenters. The van der Waals surface area contributed by atoms with Crippen molar-refractivity contribution in [2.24, 2.45) is 5.92 Å². The third-order valence-electron chi connectivity index (χ3n) is 2.51. The molecule has 0 radical (unpaired) electrons. The van der Waals surface area contributed by atoms with Crippen molar-refractivity contribution in [1.82, 2.24) is 10.6 Å². The normalized spacial score (nSPS) is 24.5. The van der Waals surface area contributed by atoms with Crippen LogP contribution in [0.5, 0.6) is 0 Å². The lowest BCUT2D eigenvalue weighted by Gasteiger charge is -2.14. The summed E-state index contributed by atoms with van der Waals surface area (Å²) >= 11 is 0. The minimum Gasteiger partial charge on any atom is -0.354 e. The van der Waals surface area contributed by atoms with Gasteiger partial charge in [0.05, 0.1) is 0 Å². The highest BCUT2D eigenvalue weighted by atomic mass is 16.1. The average molecular weight is 184 g/mol. The summed E-state index contributed by atoms with van der Waals surface area (Å²) < 4.78 is 0. The molecule has 0 spiro atoms. The number of nitrogens with one attached hydrogen (secondary N) is 2. The zero-order valence-corrected chi connectivity index (χ0v) is 8.60. The highest BCUT2D eigenvalue weighted by Crippen LogP contribution is 2.05. The minimum atomic E-state index is 0.181. The van der Waals surface area contributed by atoms with Crippen LogP contribution >= 0.6 is 0 Å². The number of hydrogen-bond acceptors (Lipinski definition) is 2. The van der Waals surface area contributed by atoms with E-state index in [-0.39, 0.29) is 5.91 Å². The minimum absolute atomic E-state index is 0.181. The molecule has 2 N–H and O–H groups in total. The summed E-state index contributed by atoms with van der Waals surface area (Å²) in [6.07, 6.45) is 3.16. The Kier molecular flexibility index (Phi) is 4.22. The van der Waals surface area contributed by atoms with Crippen molar-refractivity contribution in [3.63, 3.8) is 0 Å². The van der Waals surface area contributed by atoms with Crippen LogP contribution in [0, 0.1) is 5.92 Å². The molecule has 1 aliphatic heterocycles. The van der Waals surface area contributed by atoms with Crippen molar-refractivity contribution in [1.29, 1.82) is 0 Å². The van der Waals surface area contributed by atoms with Gasteiger partial charge in [-0.15, -0.1) is 0 Å². The number of amides is 1. The molecule has 0 aromatic rings. The Morgan fingerprint density at radius 1 is 1.69 bits per heavy atom. The van der Waals surface area contributed by atoms with E-state index in [2.05, 4.69) is 24.5 Å². The van der Waals surface area contributed by atoms with Crippen molar-refractivity contribution in [3.8, 4) is 0 Å². The summed E-state index contributed by atoms with van der Waals surface area (Å²) in [7, 11) is 0. The average Bonchev–Trinajstić information content (AvgIpc) is 2.49. The molecule has 13 heavy (non-hydrogen) atoms. The maximum atomic E-state index is 10.9. The molecule has 0 aromatic heterocycles. The van der Waals surface area contributed by atoms with Gasteiger partial charge in [0.25, 0.3) is 0 Å². The Labute approximate surface area is 80.3 Å². The van der Waals surface area contributed by atoms with Gasteiger partial charge >= 0.3 is 0 Å². The standard InChI is InChI=1S/C10H20N2O/c1-3-4-8(2)6-11-9-5-10(13)12-7-9/h8-9,11H,3-7H2,1-2H3,(H,12,13). The van der Waals surface area contributed by atoms with Crippen LogP contribution in [0.1, 0.15) is 33.1 Å². The second-order valence-corrected chi connectivity index (χ2v) is 4.01. The second-order valence-electron chi connectivity index (χ2n) is 4.01. The summed E-state index contributed by atoms with van der Waals surface area (Å²) in [5.74, 6) is 0.904. The predicted molar refractivity (Wildman–Crippen MR) is 53.5 cm³/mol. The molecule has 1 aliphatic rings. The highest BCUT2D eigenvalue weighted by molar-refractivity contribution is 5.78. The van der Waals surface area contributed by atoms with Crippen molar-refractivity contribution in [3.05, 3.63) is 0 Å². The molecule has 3 heteroatoms. The summed E-state index contributed by atoms with van der Waals surface area (Å²) in [6, 6.07) is 0.367. The van der Waals surface area contributed by atoms with Crippen molar-refractivity contribution in [2.75, 3.05) is 13.1 Å². The zero-order valence-electron chi connectivity index (χ0n) is 8.60. The molecular weight excluding hydrogens is 164 g/mol. The van der Waals surface area contributed by atoms with Crippen LogP contribution in [0.3, 0.4) is 0 Å². The summed E-state index contributed by atoms with van der Waals surface area (Å²) in [6.45, 7) is 6.29. The largest absolute Gasteiger partial charge is 0.354 e. The van der Waals surface area contributed by atoms with Crippen LogP contribution in [-0.4, -0.2) is 25.0 Å². The fourth-order valence-electron chi connectivity index (χ4n) is 1.71. The van der Waals surface area contributed by atoms with E-state index in [4.69, 9.17) is 0 Å². The number of carbonyl (C=O) groups is 1. The van der Waals surface area contributed by atoms with Gasteiger partial charge in [-0.25, -0.2) is 0 Å². The van der Waals surface area contributed by atoms with Crippen LogP contribution < -0.4 is 10.6 Å². The number of rotatable bonds is 5. The van der Waals surface area contributed by atoms with Crippen LogP contribution in [-0.2, 0) is 4.79 Å². The first-order valence-electron chi connectivity index (χ1n) is 5.22. The van der Waals surface area contributed by atoms with Gasteiger partial charge in [0.15, 0.2) is 0 Å². The van der Waals surface area contributed by atoms with Gasteiger partial charge in [-0.1, -0.05) is 20.3 Å². The van der Waals surface area contributed by atoms with Gasteiger partial charge in [-0.2, -0.15) is 0 Å². The van der Waals surface area contributed by atoms with Gasteiger partial charge < -0.3 is 10.6 Å². The summed E-state index contributed by atoms with van der Waals surface area (Å²) in [4.78, 5) is 10.9. The van der Waals surface area contributed by atoms with Crippen LogP contribution in [0.4, 0.5) is 0 Å². The van der Waals surface area contributed by atoms with E-state index in [9.17, 15) is 4.79 Å². The molecule has 0 saturated carbocycles. The van der Waals surface area contributed by atoms with Crippen LogP contribution in [0.15, 0.2) is 0 Å². The monoisotopic (exact) mass is 184 g/mol. The zero-order chi connectivity index (χ0) is 9.68. The predicted octanol–water partition coefficient (Wildman–Crippen LogP) is 0.901. The quantitative estimate of drug-likeness (QED) is 0.666. The molecule has 1 rings (SSSR count). The Morgan fingerprint density at radius 3 is 3.00 bits per heavy atom. The van der Waals surface area contributed by atoms with Crippen molar-refractivity contribution < 1.29 is 4.79 Å². The molecule has 3 nitrogen and oxygen atoms in total. The van der Waals surface area contributed by atoms with E-state index in [1.807, 2.05) is 0 Å². The van der Waals surface area contributed by atoms with Gasteiger partial charge in [0.2, 0.25) is 5.91 Å². The highest BCUT2D eigenvalue weighted by Gasteiger charge is 2.20. The van der Waals surface area contributed by atoms with E-state index in [1.165, 1.54) is 12.8 Å². The lowest BCUT2D eigenvalue weighted by Crippen LogP contribution is -2.34. The second kappa shape index (κ2) is 5.22. The first-order chi connectivity index (χ1) is 6.22. The van der Waals surface area contributed by atoms with Gasteiger partial charge in [0.1, 0.15) is 0 Å². The molecule has 0 aliphatic carbocycles. The van der Waals surface area contributed by atoms with E-state index in [0.717, 1.165) is 19.0 Å². The summed E-state index contributed by atoms with van der Waals surface area (Å²) in [5, 5.41) is 6.24. The topological polar surface area (TPSA) is 41.1 Å². The Balaban J connectivity index is 2.08. The van der Waals surface area contributed by atoms with Crippen LogP contribution in [0.25, 0.3) is 0 Å². The number of hydrogen-bond donors (Lipinski definition) is 2. The van der Waals surface area contributed by atoms with E-state index < -0.39 is 0 Å². The van der Waals surface area contributed by atoms with Gasteiger partial charge in [0, 0.05) is 19.0 Å². The fourth-order valence-corrected chi connectivity index (χ4v) is 1.71. The lowest BCUT2D eigenvalue weighted by atomic mass is 10.1. The van der Waals surface area contributed by atoms with Crippen LogP contribution in [0.2, 0.25) is 0 Å². The molecule has 76 valence electrons. The molecule has 1 fully saturated rings. The van der Waals surface area contributed by atoms with Crippen molar-refractivity contribution >= 4 is 5.91 Å². The first-order valence-corrected chi connectivity index (χ1v) is 5.22. The Hall–Kier alpha value is -0.570. The van der Waals surface area contributed by atoms with E-state index >= 15 is 0 Å². The summed E-state index contributed by atoms with van der Waals surface area (Å²) in [5.41, 5.74) is 0.